The molecule has 0 saturated carbocycles. The van der Waals surface area contributed by atoms with Gasteiger partial charge in [0, 0.05) is 25.4 Å². The van der Waals surface area contributed by atoms with Crippen LogP contribution in [-0.2, 0) is 11.3 Å². The van der Waals surface area contributed by atoms with E-state index < -0.39 is 11.3 Å². The van der Waals surface area contributed by atoms with Crippen LogP contribution in [0.3, 0.4) is 0 Å². The lowest BCUT2D eigenvalue weighted by atomic mass is 10.2. The van der Waals surface area contributed by atoms with Gasteiger partial charge in [0.05, 0.1) is 19.8 Å². The van der Waals surface area contributed by atoms with Crippen molar-refractivity contribution in [2.75, 3.05) is 26.9 Å². The van der Waals surface area contributed by atoms with E-state index in [0.717, 1.165) is 12.8 Å². The number of aromatic amines is 1. The molecule has 118 valence electrons. The summed E-state index contributed by atoms with van der Waals surface area (Å²) in [5, 5.41) is 11.7. The molecule has 21 heavy (non-hydrogen) atoms. The minimum absolute atomic E-state index is 0.0180. The molecule has 7 nitrogen and oxygen atoms in total. The zero-order valence-corrected chi connectivity index (χ0v) is 12.4. The van der Waals surface area contributed by atoms with Gasteiger partial charge in [0.1, 0.15) is 0 Å². The molecule has 7 heteroatoms. The molecule has 0 bridgehead atoms. The van der Waals surface area contributed by atoms with Crippen LogP contribution in [0.1, 0.15) is 35.9 Å². The van der Waals surface area contributed by atoms with Crippen LogP contribution < -0.4 is 15.5 Å². The first kappa shape index (κ1) is 17.2. The predicted molar refractivity (Wildman–Crippen MR) is 77.6 cm³/mol. The predicted octanol–water partition coefficient (Wildman–Crippen LogP) is 0.422. The van der Waals surface area contributed by atoms with Gasteiger partial charge in [-0.25, -0.2) is 0 Å². The van der Waals surface area contributed by atoms with E-state index in [9.17, 15) is 9.59 Å². The number of hydrogen-bond donors (Lipinski definition) is 3. The van der Waals surface area contributed by atoms with Gasteiger partial charge in [0.2, 0.25) is 5.43 Å². The number of nitrogens with one attached hydrogen (secondary N) is 2. The lowest BCUT2D eigenvalue weighted by molar-refractivity contribution is 0.0926. The van der Waals surface area contributed by atoms with Crippen LogP contribution in [0, 0.1) is 0 Å². The number of carbonyl (C=O) groups excluding carboxylic acids is 1. The highest BCUT2D eigenvalue weighted by molar-refractivity contribution is 5.94. The third-order valence-corrected chi connectivity index (χ3v) is 2.78. The number of aliphatic hydroxyl groups is 1. The summed E-state index contributed by atoms with van der Waals surface area (Å²) in [6, 6.07) is 1.23. The lowest BCUT2D eigenvalue weighted by Crippen LogP contribution is -2.30. The number of hydrogen-bond acceptors (Lipinski definition) is 5. The van der Waals surface area contributed by atoms with Crippen molar-refractivity contribution < 1.29 is 19.4 Å². The van der Waals surface area contributed by atoms with Crippen molar-refractivity contribution >= 4 is 5.91 Å². The number of ether oxygens (including phenoxy) is 2. The highest BCUT2D eigenvalue weighted by atomic mass is 16.5. The van der Waals surface area contributed by atoms with Crippen molar-refractivity contribution in [1.29, 1.82) is 0 Å². The van der Waals surface area contributed by atoms with E-state index in [2.05, 4.69) is 10.3 Å². The van der Waals surface area contributed by atoms with Gasteiger partial charge >= 0.3 is 0 Å². The van der Waals surface area contributed by atoms with Crippen LogP contribution in [0.25, 0.3) is 0 Å². The molecule has 0 unspecified atom stereocenters. The number of aromatic nitrogens is 1. The summed E-state index contributed by atoms with van der Waals surface area (Å²) < 4.78 is 10.3. The topological polar surface area (TPSA) is 101 Å². The first-order valence-corrected chi connectivity index (χ1v) is 6.91. The molecule has 0 aliphatic heterocycles. The number of H-pyrrole nitrogens is 1. The van der Waals surface area contributed by atoms with Crippen LogP contribution in [0.4, 0.5) is 0 Å². The van der Waals surface area contributed by atoms with Gasteiger partial charge in [-0.05, 0) is 6.42 Å². The monoisotopic (exact) mass is 298 g/mol. The number of rotatable bonds is 9. The Morgan fingerprint density at radius 2 is 2.19 bits per heavy atom. The van der Waals surface area contributed by atoms with E-state index in [1.807, 2.05) is 6.92 Å². The smallest absolute Gasteiger partial charge is 0.271 e. The maximum atomic E-state index is 12.1. The molecular formula is C14H22N2O5. The third-order valence-electron chi connectivity index (χ3n) is 2.78. The average Bonchev–Trinajstić information content (AvgIpc) is 2.48. The minimum atomic E-state index is -0.467. The van der Waals surface area contributed by atoms with Crippen LogP contribution in [-0.4, -0.2) is 42.9 Å². The molecule has 1 aromatic rings. The largest absolute Gasteiger partial charge is 0.487 e. The van der Waals surface area contributed by atoms with E-state index in [1.165, 1.54) is 13.2 Å². The zero-order chi connectivity index (χ0) is 15.7. The molecule has 0 aromatic carbocycles. The molecule has 0 radical (unpaired) electrons. The Hall–Kier alpha value is -1.86. The number of methoxy groups -OCH3 is 1. The molecule has 0 atom stereocenters. The molecule has 0 aliphatic carbocycles. The van der Waals surface area contributed by atoms with E-state index in [1.54, 1.807) is 0 Å². The second-order valence-corrected chi connectivity index (χ2v) is 4.47. The van der Waals surface area contributed by atoms with Gasteiger partial charge < -0.3 is 24.9 Å². The molecule has 0 aliphatic rings. The van der Waals surface area contributed by atoms with Crippen LogP contribution in [0.2, 0.25) is 0 Å². The Morgan fingerprint density at radius 1 is 1.43 bits per heavy atom. The van der Waals surface area contributed by atoms with Crippen molar-refractivity contribution in [2.24, 2.45) is 0 Å². The van der Waals surface area contributed by atoms with Gasteiger partial charge in [-0.15, -0.1) is 0 Å². The number of carbonyl (C=O) groups is 1. The molecule has 1 heterocycles. The molecule has 0 fully saturated rings. The standard InChI is InChI=1S/C14H22N2O5/c1-3-4-6-21-13-11(18)8-10(9-17)16-12(13)14(19)15-5-7-20-2/h8,17H,3-7,9H2,1-2H3,(H,15,19)(H,16,18). The van der Waals surface area contributed by atoms with Gasteiger partial charge in [-0.3, -0.25) is 9.59 Å². The van der Waals surface area contributed by atoms with Crippen LogP contribution in [0.15, 0.2) is 10.9 Å². The molecule has 1 rings (SSSR count). The van der Waals surface area contributed by atoms with Crippen molar-refractivity contribution in [1.82, 2.24) is 10.3 Å². The van der Waals surface area contributed by atoms with Crippen molar-refractivity contribution in [2.45, 2.75) is 26.4 Å². The molecule has 3 N–H and O–H groups in total. The number of amides is 1. The third kappa shape index (κ3) is 5.20. The quantitative estimate of drug-likeness (QED) is 0.574. The second-order valence-electron chi connectivity index (χ2n) is 4.47. The molecule has 1 amide bonds. The minimum Gasteiger partial charge on any atom is -0.487 e. The second kappa shape index (κ2) is 9.15. The summed E-state index contributed by atoms with van der Waals surface area (Å²) in [6.07, 6.45) is 1.70. The van der Waals surface area contributed by atoms with Crippen molar-refractivity contribution in [3.63, 3.8) is 0 Å². The lowest BCUT2D eigenvalue weighted by Gasteiger charge is -2.12. The zero-order valence-electron chi connectivity index (χ0n) is 12.4. The van der Waals surface area contributed by atoms with Gasteiger partial charge in [-0.2, -0.15) is 0 Å². The number of unbranched alkanes of at least 4 members (excludes halogenated alkanes) is 1. The number of pyridine rings is 1. The summed E-state index contributed by atoms with van der Waals surface area (Å²) >= 11 is 0. The Morgan fingerprint density at radius 3 is 2.81 bits per heavy atom. The summed E-state index contributed by atoms with van der Waals surface area (Å²) in [4.78, 5) is 26.8. The Kier molecular flexibility index (Phi) is 7.49. The highest BCUT2D eigenvalue weighted by Crippen LogP contribution is 2.12. The summed E-state index contributed by atoms with van der Waals surface area (Å²) in [5.41, 5.74) is -0.135. The fraction of sp³-hybridized carbons (Fsp3) is 0.571. The first-order valence-electron chi connectivity index (χ1n) is 6.91. The normalized spacial score (nSPS) is 10.4. The molecule has 1 aromatic heterocycles. The van der Waals surface area contributed by atoms with E-state index in [4.69, 9.17) is 14.6 Å². The first-order chi connectivity index (χ1) is 10.1. The van der Waals surface area contributed by atoms with E-state index >= 15 is 0 Å². The average molecular weight is 298 g/mol. The van der Waals surface area contributed by atoms with E-state index in [0.29, 0.717) is 19.8 Å². The summed E-state index contributed by atoms with van der Waals surface area (Å²) in [7, 11) is 1.53. The van der Waals surface area contributed by atoms with E-state index in [-0.39, 0.29) is 23.7 Å². The Labute approximate surface area is 123 Å². The van der Waals surface area contributed by atoms with Gasteiger partial charge in [0.25, 0.3) is 5.91 Å². The fourth-order valence-electron chi connectivity index (χ4n) is 1.66. The maximum Gasteiger partial charge on any atom is 0.271 e. The Bertz CT molecular complexity index is 513. The van der Waals surface area contributed by atoms with Gasteiger partial charge in [0.15, 0.2) is 11.4 Å². The van der Waals surface area contributed by atoms with Crippen LogP contribution >= 0.6 is 0 Å². The SMILES string of the molecule is CCCCOc1c(C(=O)NCCOC)[nH]c(CO)cc1=O. The van der Waals surface area contributed by atoms with Crippen molar-refractivity contribution in [3.05, 3.63) is 27.7 Å². The van der Waals surface area contributed by atoms with Gasteiger partial charge in [-0.1, -0.05) is 13.3 Å². The summed E-state index contributed by atoms with van der Waals surface area (Å²) in [6.45, 7) is 2.68. The molecular weight excluding hydrogens is 276 g/mol. The highest BCUT2D eigenvalue weighted by Gasteiger charge is 2.17. The van der Waals surface area contributed by atoms with Crippen molar-refractivity contribution in [3.8, 4) is 5.75 Å². The summed E-state index contributed by atoms with van der Waals surface area (Å²) in [5.74, 6) is -0.485. The van der Waals surface area contributed by atoms with Crippen LogP contribution in [0.5, 0.6) is 5.75 Å². The number of aliphatic hydroxyl groups excluding tert-OH is 1. The molecule has 0 spiro atoms. The molecule has 0 saturated heterocycles. The fourth-order valence-corrected chi connectivity index (χ4v) is 1.66. The Balaban J connectivity index is 2.98. The maximum absolute atomic E-state index is 12.1.